The van der Waals surface area contributed by atoms with Crippen molar-refractivity contribution in [1.82, 2.24) is 15.6 Å². The highest BCUT2D eigenvalue weighted by atomic mass is 16.5. The lowest BCUT2D eigenvalue weighted by atomic mass is 9.98. The molecule has 31 heavy (non-hydrogen) atoms. The number of methoxy groups -OCH3 is 2. The SMILES string of the molecule is COc1cc(OC)cc(-c2cnc3cc(NC(=O)NCC4CCNCC4)ccc3c2)c1. The Bertz CT molecular complexity index is 1040. The number of carbonyl (C=O) groups excluding carboxylic acids is 1. The Morgan fingerprint density at radius 2 is 1.77 bits per heavy atom. The number of aromatic nitrogens is 1. The van der Waals surface area contributed by atoms with Crippen molar-refractivity contribution in [2.24, 2.45) is 5.92 Å². The van der Waals surface area contributed by atoms with Crippen LogP contribution < -0.4 is 25.4 Å². The van der Waals surface area contributed by atoms with E-state index >= 15 is 0 Å². The van der Waals surface area contributed by atoms with Crippen LogP contribution in [0.25, 0.3) is 22.0 Å². The van der Waals surface area contributed by atoms with Gasteiger partial charge in [-0.05, 0) is 67.7 Å². The van der Waals surface area contributed by atoms with Gasteiger partial charge in [-0.15, -0.1) is 0 Å². The van der Waals surface area contributed by atoms with Crippen LogP contribution in [0, 0.1) is 5.92 Å². The van der Waals surface area contributed by atoms with E-state index in [1.807, 2.05) is 42.6 Å². The first-order valence-electron chi connectivity index (χ1n) is 10.5. The Balaban J connectivity index is 1.46. The maximum Gasteiger partial charge on any atom is 0.319 e. The molecule has 162 valence electrons. The van der Waals surface area contributed by atoms with Gasteiger partial charge in [-0.2, -0.15) is 0 Å². The van der Waals surface area contributed by atoms with Crippen molar-refractivity contribution in [3.8, 4) is 22.6 Å². The Morgan fingerprint density at radius 1 is 1.03 bits per heavy atom. The van der Waals surface area contributed by atoms with Gasteiger partial charge in [0, 0.05) is 35.4 Å². The summed E-state index contributed by atoms with van der Waals surface area (Å²) in [5, 5.41) is 10.2. The number of urea groups is 1. The Labute approximate surface area is 182 Å². The van der Waals surface area contributed by atoms with E-state index in [1.165, 1.54) is 0 Å². The Kier molecular flexibility index (Phi) is 6.52. The molecule has 3 N–H and O–H groups in total. The van der Waals surface area contributed by atoms with Gasteiger partial charge >= 0.3 is 6.03 Å². The van der Waals surface area contributed by atoms with Crippen LogP contribution >= 0.6 is 0 Å². The number of amides is 2. The molecule has 4 rings (SSSR count). The van der Waals surface area contributed by atoms with Crippen LogP contribution in [0.5, 0.6) is 11.5 Å². The molecule has 3 aromatic rings. The van der Waals surface area contributed by atoms with Gasteiger partial charge in [0.15, 0.2) is 0 Å². The fraction of sp³-hybridized carbons (Fsp3) is 0.333. The summed E-state index contributed by atoms with van der Waals surface area (Å²) in [5.74, 6) is 1.99. The lowest BCUT2D eigenvalue weighted by Crippen LogP contribution is -2.37. The lowest BCUT2D eigenvalue weighted by molar-refractivity contribution is 0.248. The van der Waals surface area contributed by atoms with Gasteiger partial charge in [0.25, 0.3) is 0 Å². The topological polar surface area (TPSA) is 84.5 Å². The van der Waals surface area contributed by atoms with Crippen molar-refractivity contribution in [1.29, 1.82) is 0 Å². The average Bonchev–Trinajstić information content (AvgIpc) is 2.82. The largest absolute Gasteiger partial charge is 0.497 e. The molecule has 7 heteroatoms. The van der Waals surface area contributed by atoms with Crippen LogP contribution in [0.2, 0.25) is 0 Å². The van der Waals surface area contributed by atoms with E-state index in [2.05, 4.69) is 27.0 Å². The quantitative estimate of drug-likeness (QED) is 0.561. The van der Waals surface area contributed by atoms with Gasteiger partial charge in [-0.3, -0.25) is 4.98 Å². The third-order valence-electron chi connectivity index (χ3n) is 5.64. The van der Waals surface area contributed by atoms with Gasteiger partial charge in [0.05, 0.1) is 19.7 Å². The molecular formula is C24H28N4O3. The third kappa shape index (κ3) is 5.24. The summed E-state index contributed by atoms with van der Waals surface area (Å²) >= 11 is 0. The molecular weight excluding hydrogens is 392 g/mol. The van der Waals surface area contributed by atoms with Crippen LogP contribution in [-0.4, -0.2) is 44.9 Å². The maximum absolute atomic E-state index is 12.3. The van der Waals surface area contributed by atoms with Gasteiger partial charge in [0.1, 0.15) is 11.5 Å². The second kappa shape index (κ2) is 9.66. The monoisotopic (exact) mass is 420 g/mol. The van der Waals surface area contributed by atoms with Crippen LogP contribution in [0.15, 0.2) is 48.7 Å². The van der Waals surface area contributed by atoms with Crippen LogP contribution in [0.3, 0.4) is 0 Å². The van der Waals surface area contributed by atoms with Gasteiger partial charge < -0.3 is 25.4 Å². The molecule has 0 atom stereocenters. The summed E-state index contributed by atoms with van der Waals surface area (Å²) in [4.78, 5) is 16.9. The zero-order chi connectivity index (χ0) is 21.6. The highest BCUT2D eigenvalue weighted by Crippen LogP contribution is 2.31. The summed E-state index contributed by atoms with van der Waals surface area (Å²) in [5.41, 5.74) is 3.46. The number of hydrogen-bond acceptors (Lipinski definition) is 5. The standard InChI is InChI=1S/C24H28N4O3/c1-30-21-10-18(11-22(13-21)31-2)19-9-17-3-4-20(12-23(17)26-15-19)28-24(29)27-14-16-5-7-25-8-6-16/h3-4,9-13,15-16,25H,5-8,14H2,1-2H3,(H2,27,28,29). The number of pyridine rings is 1. The molecule has 1 aliphatic rings. The first kappa shape index (κ1) is 20.9. The van der Waals surface area contributed by atoms with Crippen molar-refractivity contribution in [2.75, 3.05) is 39.2 Å². The van der Waals surface area contributed by atoms with Gasteiger partial charge in [-0.1, -0.05) is 6.07 Å². The number of anilines is 1. The van der Waals surface area contributed by atoms with Crippen LogP contribution in [0.1, 0.15) is 12.8 Å². The number of nitrogens with one attached hydrogen (secondary N) is 3. The molecule has 0 aliphatic carbocycles. The van der Waals surface area contributed by atoms with Gasteiger partial charge in [-0.25, -0.2) is 4.79 Å². The average molecular weight is 421 g/mol. The smallest absolute Gasteiger partial charge is 0.319 e. The van der Waals surface area contributed by atoms with E-state index < -0.39 is 0 Å². The number of piperidine rings is 1. The minimum Gasteiger partial charge on any atom is -0.497 e. The molecule has 1 aromatic heterocycles. The fourth-order valence-electron chi connectivity index (χ4n) is 3.83. The fourth-order valence-corrected chi connectivity index (χ4v) is 3.83. The Hall–Kier alpha value is -3.32. The predicted octanol–water partition coefficient (Wildman–Crippen LogP) is 4.04. The first-order valence-corrected chi connectivity index (χ1v) is 10.5. The van der Waals surface area contributed by atoms with Crippen molar-refractivity contribution < 1.29 is 14.3 Å². The van der Waals surface area contributed by atoms with Crippen molar-refractivity contribution in [3.05, 3.63) is 48.7 Å². The molecule has 2 aromatic carbocycles. The Morgan fingerprint density at radius 3 is 2.48 bits per heavy atom. The summed E-state index contributed by atoms with van der Waals surface area (Å²) in [7, 11) is 3.27. The van der Waals surface area contributed by atoms with E-state index in [0.717, 1.165) is 65.1 Å². The predicted molar refractivity (Wildman–Crippen MR) is 123 cm³/mol. The second-order valence-electron chi connectivity index (χ2n) is 7.76. The molecule has 0 bridgehead atoms. The van der Waals surface area contributed by atoms with E-state index in [0.29, 0.717) is 12.5 Å². The number of ether oxygens (including phenoxy) is 2. The highest BCUT2D eigenvalue weighted by Gasteiger charge is 2.14. The van der Waals surface area contributed by atoms with Gasteiger partial charge in [0.2, 0.25) is 0 Å². The van der Waals surface area contributed by atoms with E-state index in [4.69, 9.17) is 9.47 Å². The van der Waals surface area contributed by atoms with E-state index in [1.54, 1.807) is 14.2 Å². The molecule has 1 fully saturated rings. The minimum absolute atomic E-state index is 0.182. The zero-order valence-corrected chi connectivity index (χ0v) is 17.9. The number of carbonyl (C=O) groups is 1. The number of hydrogen-bond donors (Lipinski definition) is 3. The van der Waals surface area contributed by atoms with E-state index in [-0.39, 0.29) is 6.03 Å². The minimum atomic E-state index is -0.182. The van der Waals surface area contributed by atoms with Crippen molar-refractivity contribution in [3.63, 3.8) is 0 Å². The number of fused-ring (bicyclic) bond motifs is 1. The summed E-state index contributed by atoms with van der Waals surface area (Å²) in [6.45, 7) is 2.75. The van der Waals surface area contributed by atoms with Crippen molar-refractivity contribution in [2.45, 2.75) is 12.8 Å². The summed E-state index contributed by atoms with van der Waals surface area (Å²) < 4.78 is 10.7. The van der Waals surface area contributed by atoms with Crippen LogP contribution in [-0.2, 0) is 0 Å². The number of benzene rings is 2. The number of nitrogens with zero attached hydrogens (tertiary/aromatic N) is 1. The summed E-state index contributed by atoms with van der Waals surface area (Å²) in [6, 6.07) is 13.4. The second-order valence-corrected chi connectivity index (χ2v) is 7.76. The first-order chi connectivity index (χ1) is 15.1. The molecule has 0 saturated carbocycles. The molecule has 2 amide bonds. The highest BCUT2D eigenvalue weighted by molar-refractivity contribution is 5.93. The third-order valence-corrected chi connectivity index (χ3v) is 5.64. The van der Waals surface area contributed by atoms with Crippen LogP contribution in [0.4, 0.5) is 10.5 Å². The maximum atomic E-state index is 12.3. The molecule has 1 saturated heterocycles. The molecule has 0 unspecified atom stereocenters. The molecule has 2 heterocycles. The molecule has 1 aliphatic heterocycles. The number of rotatable bonds is 6. The zero-order valence-electron chi connectivity index (χ0n) is 17.9. The normalized spacial score (nSPS) is 14.3. The molecule has 7 nitrogen and oxygen atoms in total. The van der Waals surface area contributed by atoms with E-state index in [9.17, 15) is 4.79 Å². The molecule has 0 radical (unpaired) electrons. The summed E-state index contributed by atoms with van der Waals surface area (Å²) in [6.07, 6.45) is 4.01. The molecule has 0 spiro atoms. The lowest BCUT2D eigenvalue weighted by Gasteiger charge is -2.22. The van der Waals surface area contributed by atoms with Crippen molar-refractivity contribution >= 4 is 22.6 Å².